The van der Waals surface area contributed by atoms with Crippen molar-refractivity contribution in [1.29, 1.82) is 0 Å². The Hall–Kier alpha value is -2.07. The number of hydrogen-bond acceptors (Lipinski definition) is 4. The van der Waals surface area contributed by atoms with Gasteiger partial charge in [0.15, 0.2) is 0 Å². The molecule has 4 heteroatoms. The van der Waals surface area contributed by atoms with Gasteiger partial charge in [-0.1, -0.05) is 6.07 Å². The summed E-state index contributed by atoms with van der Waals surface area (Å²) < 4.78 is 11.5. The molecule has 0 N–H and O–H groups in total. The summed E-state index contributed by atoms with van der Waals surface area (Å²) in [7, 11) is 1.67. The minimum atomic E-state index is 0.654. The maximum absolute atomic E-state index is 5.95. The zero-order valence-corrected chi connectivity index (χ0v) is 14.7. The number of likely N-dealkylation sites (tertiary alicyclic amines) is 1. The van der Waals surface area contributed by atoms with E-state index in [0.717, 1.165) is 29.3 Å². The molecule has 0 spiro atoms. The van der Waals surface area contributed by atoms with Crippen molar-refractivity contribution in [2.75, 3.05) is 20.3 Å². The monoisotopic (exact) mass is 325 g/mol. The molecule has 1 fully saturated rings. The molecule has 0 saturated carbocycles. The zero-order chi connectivity index (χ0) is 16.9. The molecule has 3 rings (SSSR count). The number of benzene rings is 1. The molecule has 1 saturated heterocycles. The molecule has 1 aliphatic rings. The van der Waals surface area contributed by atoms with Crippen molar-refractivity contribution in [3.8, 4) is 22.8 Å². The fourth-order valence-electron chi connectivity index (χ4n) is 3.41. The average Bonchev–Trinajstić information content (AvgIpc) is 2.94. The van der Waals surface area contributed by atoms with Gasteiger partial charge in [0.1, 0.15) is 18.1 Å². The van der Waals surface area contributed by atoms with Gasteiger partial charge in [-0.2, -0.15) is 0 Å². The van der Waals surface area contributed by atoms with Crippen LogP contribution in [0.25, 0.3) is 11.3 Å². The lowest BCUT2D eigenvalue weighted by Gasteiger charge is -2.25. The summed E-state index contributed by atoms with van der Waals surface area (Å²) in [5.41, 5.74) is 1.80. The van der Waals surface area contributed by atoms with Gasteiger partial charge < -0.3 is 9.47 Å². The SMILES string of the molecule is COc1cc(OCCN2C(C)CCC2C)ccc1-c1ccc[c]n1. The first-order valence-corrected chi connectivity index (χ1v) is 8.59. The molecule has 0 aliphatic carbocycles. The Bertz CT molecular complexity index is 650. The van der Waals surface area contributed by atoms with Gasteiger partial charge in [0.25, 0.3) is 0 Å². The molecule has 1 aromatic carbocycles. The van der Waals surface area contributed by atoms with Crippen LogP contribution >= 0.6 is 0 Å². The summed E-state index contributed by atoms with van der Waals surface area (Å²) >= 11 is 0. The third-order valence-corrected chi connectivity index (χ3v) is 4.81. The molecule has 0 bridgehead atoms. The van der Waals surface area contributed by atoms with Crippen molar-refractivity contribution < 1.29 is 9.47 Å². The molecule has 1 aromatic heterocycles. The average molecular weight is 325 g/mol. The van der Waals surface area contributed by atoms with Crippen molar-refractivity contribution in [3.05, 3.63) is 42.6 Å². The summed E-state index contributed by atoms with van der Waals surface area (Å²) in [4.78, 5) is 6.79. The van der Waals surface area contributed by atoms with Gasteiger partial charge in [-0.25, -0.2) is 4.98 Å². The van der Waals surface area contributed by atoms with Crippen LogP contribution in [0.5, 0.6) is 11.5 Å². The maximum atomic E-state index is 5.95. The van der Waals surface area contributed by atoms with Crippen LogP contribution in [0.1, 0.15) is 26.7 Å². The molecule has 2 aromatic rings. The number of pyridine rings is 1. The standard InChI is InChI=1S/C20H25N2O2/c1-15-7-8-16(2)22(15)12-13-24-17-9-10-18(20(14-17)23-3)19-6-4-5-11-21-19/h4-6,9-10,14-16H,7-8,12-13H2,1-3H3. The fraction of sp³-hybridized carbons (Fsp3) is 0.450. The van der Waals surface area contributed by atoms with Crippen molar-refractivity contribution in [1.82, 2.24) is 9.88 Å². The van der Waals surface area contributed by atoms with Crippen LogP contribution < -0.4 is 9.47 Å². The van der Waals surface area contributed by atoms with E-state index in [1.165, 1.54) is 12.8 Å². The molecular weight excluding hydrogens is 300 g/mol. The fourth-order valence-corrected chi connectivity index (χ4v) is 3.41. The van der Waals surface area contributed by atoms with E-state index >= 15 is 0 Å². The van der Waals surface area contributed by atoms with Gasteiger partial charge >= 0.3 is 0 Å². The Balaban J connectivity index is 1.65. The highest BCUT2D eigenvalue weighted by molar-refractivity contribution is 5.68. The van der Waals surface area contributed by atoms with Gasteiger partial charge in [0.2, 0.25) is 0 Å². The van der Waals surface area contributed by atoms with Gasteiger partial charge in [-0.05, 0) is 51.0 Å². The summed E-state index contributed by atoms with van der Waals surface area (Å²) in [5.74, 6) is 1.59. The molecule has 2 heterocycles. The predicted octanol–water partition coefficient (Wildman–Crippen LogP) is 3.81. The van der Waals surface area contributed by atoms with Crippen molar-refractivity contribution in [2.45, 2.75) is 38.8 Å². The Morgan fingerprint density at radius 3 is 2.67 bits per heavy atom. The summed E-state index contributed by atoms with van der Waals surface area (Å²) in [6.07, 6.45) is 5.42. The van der Waals surface area contributed by atoms with Crippen LogP contribution in [0, 0.1) is 6.20 Å². The molecule has 1 aliphatic heterocycles. The lowest BCUT2D eigenvalue weighted by atomic mass is 10.1. The molecule has 1 radical (unpaired) electrons. The number of hydrogen-bond donors (Lipinski definition) is 0. The van der Waals surface area contributed by atoms with Crippen molar-refractivity contribution >= 4 is 0 Å². The van der Waals surface area contributed by atoms with E-state index in [9.17, 15) is 0 Å². The maximum Gasteiger partial charge on any atom is 0.131 e. The lowest BCUT2D eigenvalue weighted by Crippen LogP contribution is -2.36. The first-order chi connectivity index (χ1) is 11.7. The van der Waals surface area contributed by atoms with E-state index in [2.05, 4.69) is 29.9 Å². The third-order valence-electron chi connectivity index (χ3n) is 4.81. The van der Waals surface area contributed by atoms with Crippen molar-refractivity contribution in [3.63, 3.8) is 0 Å². The highest BCUT2D eigenvalue weighted by Crippen LogP contribution is 2.32. The Morgan fingerprint density at radius 1 is 1.21 bits per heavy atom. The summed E-state index contributed by atoms with van der Waals surface area (Å²) in [6.45, 7) is 6.24. The minimum absolute atomic E-state index is 0.654. The highest BCUT2D eigenvalue weighted by Gasteiger charge is 2.26. The van der Waals surface area contributed by atoms with Crippen LogP contribution in [0.3, 0.4) is 0 Å². The Morgan fingerprint density at radius 2 is 2.00 bits per heavy atom. The molecule has 2 unspecified atom stereocenters. The highest BCUT2D eigenvalue weighted by atomic mass is 16.5. The van der Waals surface area contributed by atoms with E-state index in [-0.39, 0.29) is 0 Å². The summed E-state index contributed by atoms with van der Waals surface area (Å²) in [5, 5.41) is 0. The van der Waals surface area contributed by atoms with Crippen LogP contribution in [-0.2, 0) is 0 Å². The van der Waals surface area contributed by atoms with E-state index in [1.54, 1.807) is 13.2 Å². The second-order valence-corrected chi connectivity index (χ2v) is 6.38. The quantitative estimate of drug-likeness (QED) is 0.809. The first-order valence-electron chi connectivity index (χ1n) is 8.59. The van der Waals surface area contributed by atoms with Crippen LogP contribution in [0.15, 0.2) is 36.4 Å². The second kappa shape index (κ2) is 7.67. The van der Waals surface area contributed by atoms with Gasteiger partial charge in [0.05, 0.1) is 19.0 Å². The van der Waals surface area contributed by atoms with E-state index in [1.807, 2.05) is 30.3 Å². The molecule has 2 atom stereocenters. The van der Waals surface area contributed by atoms with Gasteiger partial charge in [-0.15, -0.1) is 0 Å². The Labute approximate surface area is 144 Å². The van der Waals surface area contributed by atoms with E-state index in [4.69, 9.17) is 9.47 Å². The normalized spacial score (nSPS) is 21.0. The molecular formula is C20H25N2O2. The lowest BCUT2D eigenvalue weighted by molar-refractivity contribution is 0.170. The first kappa shape index (κ1) is 16.8. The second-order valence-electron chi connectivity index (χ2n) is 6.38. The number of rotatable bonds is 6. The Kier molecular flexibility index (Phi) is 5.36. The number of aromatic nitrogens is 1. The predicted molar refractivity (Wildman–Crippen MR) is 95.4 cm³/mol. The number of nitrogens with zero attached hydrogens (tertiary/aromatic N) is 2. The topological polar surface area (TPSA) is 34.6 Å². The van der Waals surface area contributed by atoms with Gasteiger partial charge in [-0.3, -0.25) is 4.90 Å². The van der Waals surface area contributed by atoms with Crippen LogP contribution in [-0.4, -0.2) is 42.2 Å². The minimum Gasteiger partial charge on any atom is -0.496 e. The third kappa shape index (κ3) is 3.70. The van der Waals surface area contributed by atoms with Gasteiger partial charge in [0, 0.05) is 30.3 Å². The van der Waals surface area contributed by atoms with Crippen molar-refractivity contribution in [2.24, 2.45) is 0 Å². The molecule has 127 valence electrons. The largest absolute Gasteiger partial charge is 0.496 e. The number of ether oxygens (including phenoxy) is 2. The molecule has 0 amide bonds. The smallest absolute Gasteiger partial charge is 0.131 e. The van der Waals surface area contributed by atoms with Crippen LogP contribution in [0.2, 0.25) is 0 Å². The molecule has 4 nitrogen and oxygen atoms in total. The summed E-state index contributed by atoms with van der Waals surface area (Å²) in [6, 6.07) is 12.9. The van der Waals surface area contributed by atoms with E-state index < -0.39 is 0 Å². The van der Waals surface area contributed by atoms with E-state index in [0.29, 0.717) is 18.7 Å². The van der Waals surface area contributed by atoms with Crippen LogP contribution in [0.4, 0.5) is 0 Å². The zero-order valence-electron chi connectivity index (χ0n) is 14.7. The number of methoxy groups -OCH3 is 1. The molecule has 24 heavy (non-hydrogen) atoms.